The fourth-order valence-corrected chi connectivity index (χ4v) is 1.79. The standard InChI is InChI=1S/C11H11ClN2/c12-10-5-3-4-9(8-13)11(10)14-6-1-2-7-14/h1-7H,8,13H2. The van der Waals surface area contributed by atoms with E-state index in [9.17, 15) is 0 Å². The lowest BCUT2D eigenvalue weighted by Gasteiger charge is -2.10. The van der Waals surface area contributed by atoms with Crippen molar-refractivity contribution in [2.75, 3.05) is 0 Å². The second-order valence-corrected chi connectivity index (χ2v) is 3.45. The minimum Gasteiger partial charge on any atom is -0.326 e. The summed E-state index contributed by atoms with van der Waals surface area (Å²) in [5.74, 6) is 0. The molecule has 0 fully saturated rings. The average Bonchev–Trinajstić information content (AvgIpc) is 2.70. The Kier molecular flexibility index (Phi) is 2.57. The van der Waals surface area contributed by atoms with Crippen LogP contribution in [0.15, 0.2) is 42.7 Å². The predicted molar refractivity (Wildman–Crippen MR) is 58.7 cm³/mol. The van der Waals surface area contributed by atoms with Gasteiger partial charge in [-0.25, -0.2) is 0 Å². The van der Waals surface area contributed by atoms with Crippen LogP contribution in [0, 0.1) is 0 Å². The van der Waals surface area contributed by atoms with Crippen molar-refractivity contribution >= 4 is 11.6 Å². The number of halogens is 1. The Labute approximate surface area is 87.9 Å². The highest BCUT2D eigenvalue weighted by Gasteiger charge is 2.06. The topological polar surface area (TPSA) is 30.9 Å². The van der Waals surface area contributed by atoms with Gasteiger partial charge in [0.15, 0.2) is 0 Å². The van der Waals surface area contributed by atoms with Crippen LogP contribution in [0.3, 0.4) is 0 Å². The molecular formula is C11H11ClN2. The summed E-state index contributed by atoms with van der Waals surface area (Å²) in [6.45, 7) is 0.494. The van der Waals surface area contributed by atoms with Crippen molar-refractivity contribution in [3.8, 4) is 5.69 Å². The second kappa shape index (κ2) is 3.86. The summed E-state index contributed by atoms with van der Waals surface area (Å²) in [5.41, 5.74) is 7.68. The number of aromatic nitrogens is 1. The van der Waals surface area contributed by atoms with Crippen molar-refractivity contribution < 1.29 is 0 Å². The zero-order valence-electron chi connectivity index (χ0n) is 7.65. The first kappa shape index (κ1) is 9.31. The van der Waals surface area contributed by atoms with E-state index in [1.165, 1.54) is 0 Å². The molecule has 0 amide bonds. The van der Waals surface area contributed by atoms with E-state index < -0.39 is 0 Å². The summed E-state index contributed by atoms with van der Waals surface area (Å²) in [6, 6.07) is 9.70. The van der Waals surface area contributed by atoms with Gasteiger partial charge in [-0.3, -0.25) is 0 Å². The fraction of sp³-hybridized carbons (Fsp3) is 0.0909. The van der Waals surface area contributed by atoms with E-state index in [4.69, 9.17) is 17.3 Å². The quantitative estimate of drug-likeness (QED) is 0.805. The zero-order valence-corrected chi connectivity index (χ0v) is 8.41. The predicted octanol–water partition coefficient (Wildman–Crippen LogP) is 2.59. The molecule has 0 aliphatic rings. The van der Waals surface area contributed by atoms with Gasteiger partial charge in [0.05, 0.1) is 10.7 Å². The first-order chi connectivity index (χ1) is 6.83. The maximum atomic E-state index is 6.12. The summed E-state index contributed by atoms with van der Waals surface area (Å²) >= 11 is 6.12. The van der Waals surface area contributed by atoms with Crippen molar-refractivity contribution in [3.05, 3.63) is 53.3 Å². The summed E-state index contributed by atoms with van der Waals surface area (Å²) in [5, 5.41) is 0.726. The third kappa shape index (κ3) is 1.54. The minimum absolute atomic E-state index is 0.494. The molecule has 0 aliphatic carbocycles. The Morgan fingerprint density at radius 3 is 2.50 bits per heavy atom. The van der Waals surface area contributed by atoms with Gasteiger partial charge >= 0.3 is 0 Å². The van der Waals surface area contributed by atoms with Gasteiger partial charge in [0.1, 0.15) is 0 Å². The number of nitrogens with two attached hydrogens (primary N) is 1. The summed E-state index contributed by atoms with van der Waals surface area (Å²) < 4.78 is 1.98. The van der Waals surface area contributed by atoms with Crippen molar-refractivity contribution in [1.82, 2.24) is 4.57 Å². The molecule has 2 N–H and O–H groups in total. The van der Waals surface area contributed by atoms with Gasteiger partial charge in [-0.2, -0.15) is 0 Å². The van der Waals surface area contributed by atoms with Crippen molar-refractivity contribution in [2.45, 2.75) is 6.54 Å². The Hall–Kier alpha value is -1.25. The fourth-order valence-electron chi connectivity index (χ4n) is 1.50. The van der Waals surface area contributed by atoms with Crippen LogP contribution in [-0.4, -0.2) is 4.57 Å². The van der Waals surface area contributed by atoms with E-state index in [2.05, 4.69) is 0 Å². The maximum absolute atomic E-state index is 6.12. The molecule has 0 radical (unpaired) electrons. The Bertz CT molecular complexity index is 421. The number of hydrogen-bond donors (Lipinski definition) is 1. The largest absolute Gasteiger partial charge is 0.326 e. The average molecular weight is 207 g/mol. The summed E-state index contributed by atoms with van der Waals surface area (Å²) in [6.07, 6.45) is 3.92. The van der Waals surface area contributed by atoms with Crippen LogP contribution >= 0.6 is 11.6 Å². The lowest BCUT2D eigenvalue weighted by molar-refractivity contribution is 0.992. The molecule has 0 aliphatic heterocycles. The molecule has 72 valence electrons. The van der Waals surface area contributed by atoms with Gasteiger partial charge in [0.2, 0.25) is 0 Å². The Balaban J connectivity index is 2.61. The molecule has 1 heterocycles. The van der Waals surface area contributed by atoms with Crippen LogP contribution in [0.25, 0.3) is 5.69 Å². The molecule has 1 aromatic heterocycles. The normalized spacial score (nSPS) is 10.4. The van der Waals surface area contributed by atoms with Crippen LogP contribution in [-0.2, 0) is 6.54 Å². The summed E-state index contributed by atoms with van der Waals surface area (Å²) in [7, 11) is 0. The van der Waals surface area contributed by atoms with Gasteiger partial charge in [-0.1, -0.05) is 23.7 Å². The van der Waals surface area contributed by atoms with Crippen LogP contribution < -0.4 is 5.73 Å². The van der Waals surface area contributed by atoms with Crippen molar-refractivity contribution in [3.63, 3.8) is 0 Å². The maximum Gasteiger partial charge on any atom is 0.0681 e. The molecule has 14 heavy (non-hydrogen) atoms. The first-order valence-corrected chi connectivity index (χ1v) is 4.81. The highest BCUT2D eigenvalue weighted by Crippen LogP contribution is 2.24. The van der Waals surface area contributed by atoms with E-state index >= 15 is 0 Å². The number of rotatable bonds is 2. The lowest BCUT2D eigenvalue weighted by atomic mass is 10.2. The number of para-hydroxylation sites is 1. The van der Waals surface area contributed by atoms with E-state index in [-0.39, 0.29) is 0 Å². The first-order valence-electron chi connectivity index (χ1n) is 4.43. The molecule has 1 aromatic carbocycles. The monoisotopic (exact) mass is 206 g/mol. The molecule has 3 heteroatoms. The van der Waals surface area contributed by atoms with E-state index in [1.54, 1.807) is 0 Å². The third-order valence-corrected chi connectivity index (χ3v) is 2.46. The SMILES string of the molecule is NCc1cccc(Cl)c1-n1cccc1. The Morgan fingerprint density at radius 1 is 1.14 bits per heavy atom. The summed E-state index contributed by atoms with van der Waals surface area (Å²) in [4.78, 5) is 0. The molecule has 0 atom stereocenters. The molecule has 0 bridgehead atoms. The number of nitrogens with zero attached hydrogens (tertiary/aromatic N) is 1. The van der Waals surface area contributed by atoms with Gasteiger partial charge in [-0.15, -0.1) is 0 Å². The van der Waals surface area contributed by atoms with Crippen molar-refractivity contribution in [2.24, 2.45) is 5.73 Å². The third-order valence-electron chi connectivity index (χ3n) is 2.15. The van der Waals surface area contributed by atoms with E-state index in [0.717, 1.165) is 16.3 Å². The minimum atomic E-state index is 0.494. The van der Waals surface area contributed by atoms with Gasteiger partial charge in [0, 0.05) is 18.9 Å². The second-order valence-electron chi connectivity index (χ2n) is 3.04. The van der Waals surface area contributed by atoms with E-state index in [0.29, 0.717) is 6.54 Å². The van der Waals surface area contributed by atoms with Crippen molar-refractivity contribution in [1.29, 1.82) is 0 Å². The van der Waals surface area contributed by atoms with Crippen LogP contribution in [0.4, 0.5) is 0 Å². The number of benzene rings is 1. The van der Waals surface area contributed by atoms with Crippen LogP contribution in [0.5, 0.6) is 0 Å². The molecule has 2 rings (SSSR count). The zero-order chi connectivity index (χ0) is 9.97. The molecule has 0 spiro atoms. The molecule has 2 aromatic rings. The van der Waals surface area contributed by atoms with E-state index in [1.807, 2.05) is 47.3 Å². The Morgan fingerprint density at radius 2 is 1.86 bits per heavy atom. The van der Waals surface area contributed by atoms with Crippen LogP contribution in [0.1, 0.15) is 5.56 Å². The lowest BCUT2D eigenvalue weighted by Crippen LogP contribution is -2.03. The smallest absolute Gasteiger partial charge is 0.0681 e. The number of hydrogen-bond acceptors (Lipinski definition) is 1. The van der Waals surface area contributed by atoms with Gasteiger partial charge < -0.3 is 10.3 Å². The molecular weight excluding hydrogens is 196 g/mol. The van der Waals surface area contributed by atoms with Gasteiger partial charge in [-0.05, 0) is 23.8 Å². The molecule has 0 saturated carbocycles. The van der Waals surface area contributed by atoms with Crippen LogP contribution in [0.2, 0.25) is 5.02 Å². The molecule has 0 saturated heterocycles. The molecule has 2 nitrogen and oxygen atoms in total. The van der Waals surface area contributed by atoms with Gasteiger partial charge in [0.25, 0.3) is 0 Å². The highest BCUT2D eigenvalue weighted by molar-refractivity contribution is 6.32. The highest BCUT2D eigenvalue weighted by atomic mass is 35.5. The molecule has 0 unspecified atom stereocenters.